The van der Waals surface area contributed by atoms with Gasteiger partial charge in [-0.05, 0) is 38.5 Å². The van der Waals surface area contributed by atoms with E-state index in [1.165, 1.54) is 0 Å². The Morgan fingerprint density at radius 3 is 2.13 bits per heavy atom. The molecule has 0 aliphatic carbocycles. The molecular formula is C12H16O3. The number of carbonyl (C=O) groups is 1. The molecule has 0 saturated heterocycles. The van der Waals surface area contributed by atoms with Gasteiger partial charge in [-0.1, -0.05) is 0 Å². The molecule has 0 aliphatic rings. The number of hydrogen-bond acceptors (Lipinski definition) is 3. The van der Waals surface area contributed by atoms with Gasteiger partial charge >= 0.3 is 0 Å². The molecule has 0 aliphatic heterocycles. The van der Waals surface area contributed by atoms with Gasteiger partial charge in [0.15, 0.2) is 11.5 Å². The van der Waals surface area contributed by atoms with Gasteiger partial charge in [-0.15, -0.1) is 0 Å². The minimum absolute atomic E-state index is 0.557. The van der Waals surface area contributed by atoms with Crippen molar-refractivity contribution >= 4 is 6.29 Å². The first-order chi connectivity index (χ1) is 7.22. The Hall–Kier alpha value is -1.51. The summed E-state index contributed by atoms with van der Waals surface area (Å²) in [6.45, 7) is 6.83. The maximum absolute atomic E-state index is 10.8. The molecule has 0 atom stereocenters. The lowest BCUT2D eigenvalue weighted by Gasteiger charge is -2.12. The van der Waals surface area contributed by atoms with E-state index in [9.17, 15) is 4.79 Å². The first-order valence-corrected chi connectivity index (χ1v) is 5.08. The summed E-state index contributed by atoms with van der Waals surface area (Å²) in [6, 6.07) is 3.55. The highest BCUT2D eigenvalue weighted by Crippen LogP contribution is 2.30. The Bertz CT molecular complexity index is 345. The third-order valence-corrected chi connectivity index (χ3v) is 2.06. The lowest BCUT2D eigenvalue weighted by atomic mass is 10.1. The Labute approximate surface area is 90.0 Å². The fourth-order valence-electron chi connectivity index (χ4n) is 1.34. The molecule has 1 aromatic carbocycles. The molecule has 0 N–H and O–H groups in total. The molecule has 82 valence electrons. The SMILES string of the molecule is CCOc1cc(C)c(C=O)cc1OCC. The first kappa shape index (κ1) is 11.6. The fraction of sp³-hybridized carbons (Fsp3) is 0.417. The maximum Gasteiger partial charge on any atom is 0.161 e. The molecule has 0 unspecified atom stereocenters. The van der Waals surface area contributed by atoms with Crippen LogP contribution in [0.3, 0.4) is 0 Å². The van der Waals surface area contributed by atoms with Crippen molar-refractivity contribution in [1.82, 2.24) is 0 Å². The molecule has 3 nitrogen and oxygen atoms in total. The molecular weight excluding hydrogens is 192 g/mol. The van der Waals surface area contributed by atoms with Gasteiger partial charge < -0.3 is 9.47 Å². The van der Waals surface area contributed by atoms with Gasteiger partial charge in [-0.3, -0.25) is 4.79 Å². The third kappa shape index (κ3) is 2.72. The Morgan fingerprint density at radius 2 is 1.67 bits per heavy atom. The van der Waals surface area contributed by atoms with Gasteiger partial charge in [0.05, 0.1) is 13.2 Å². The van der Waals surface area contributed by atoms with E-state index in [0.717, 1.165) is 11.8 Å². The molecule has 0 bridgehead atoms. The molecule has 0 amide bonds. The number of aldehydes is 1. The second-order valence-electron chi connectivity index (χ2n) is 3.14. The molecule has 0 aromatic heterocycles. The van der Waals surface area contributed by atoms with Crippen molar-refractivity contribution in [2.75, 3.05) is 13.2 Å². The number of carbonyl (C=O) groups excluding carboxylic acids is 1. The van der Waals surface area contributed by atoms with Crippen LogP contribution in [0.5, 0.6) is 11.5 Å². The molecule has 1 aromatic rings. The smallest absolute Gasteiger partial charge is 0.161 e. The van der Waals surface area contributed by atoms with Crippen LogP contribution in [0.15, 0.2) is 12.1 Å². The second-order valence-corrected chi connectivity index (χ2v) is 3.14. The topological polar surface area (TPSA) is 35.5 Å². The summed E-state index contributed by atoms with van der Waals surface area (Å²) in [5, 5.41) is 0. The second kappa shape index (κ2) is 5.39. The van der Waals surface area contributed by atoms with Crippen molar-refractivity contribution in [2.24, 2.45) is 0 Å². The molecule has 1 rings (SSSR count). The van der Waals surface area contributed by atoms with Crippen LogP contribution in [0.1, 0.15) is 29.8 Å². The highest BCUT2D eigenvalue weighted by Gasteiger charge is 2.08. The lowest BCUT2D eigenvalue weighted by molar-refractivity contribution is 0.112. The average molecular weight is 208 g/mol. The van der Waals surface area contributed by atoms with Crippen molar-refractivity contribution in [2.45, 2.75) is 20.8 Å². The third-order valence-electron chi connectivity index (χ3n) is 2.06. The van der Waals surface area contributed by atoms with Crippen LogP contribution in [-0.2, 0) is 0 Å². The maximum atomic E-state index is 10.8. The number of benzene rings is 1. The summed E-state index contributed by atoms with van der Waals surface area (Å²) in [4.78, 5) is 10.8. The molecule has 3 heteroatoms. The highest BCUT2D eigenvalue weighted by atomic mass is 16.5. The summed E-state index contributed by atoms with van der Waals surface area (Å²) < 4.78 is 10.8. The van der Waals surface area contributed by atoms with Crippen LogP contribution in [0, 0.1) is 6.92 Å². The van der Waals surface area contributed by atoms with E-state index in [2.05, 4.69) is 0 Å². The summed E-state index contributed by atoms with van der Waals surface area (Å²) in [5.74, 6) is 1.33. The number of ether oxygens (including phenoxy) is 2. The number of aryl methyl sites for hydroxylation is 1. The lowest BCUT2D eigenvalue weighted by Crippen LogP contribution is -2.00. The van der Waals surface area contributed by atoms with Crippen molar-refractivity contribution in [3.8, 4) is 11.5 Å². The van der Waals surface area contributed by atoms with Gasteiger partial charge in [-0.2, -0.15) is 0 Å². The van der Waals surface area contributed by atoms with Crippen LogP contribution in [0.2, 0.25) is 0 Å². The monoisotopic (exact) mass is 208 g/mol. The van der Waals surface area contributed by atoms with E-state index in [1.807, 2.05) is 26.8 Å². The number of hydrogen-bond donors (Lipinski definition) is 0. The Morgan fingerprint density at radius 1 is 1.13 bits per heavy atom. The quantitative estimate of drug-likeness (QED) is 0.698. The zero-order valence-electron chi connectivity index (χ0n) is 9.37. The van der Waals surface area contributed by atoms with Gasteiger partial charge in [0.2, 0.25) is 0 Å². The summed E-state index contributed by atoms with van der Waals surface area (Å²) in [7, 11) is 0. The Balaban J connectivity index is 3.12. The van der Waals surface area contributed by atoms with Gasteiger partial charge in [0, 0.05) is 5.56 Å². The zero-order chi connectivity index (χ0) is 11.3. The molecule has 15 heavy (non-hydrogen) atoms. The summed E-state index contributed by atoms with van der Waals surface area (Å²) >= 11 is 0. The molecule has 0 fully saturated rings. The minimum atomic E-state index is 0.557. The minimum Gasteiger partial charge on any atom is -0.490 e. The van der Waals surface area contributed by atoms with Crippen LogP contribution in [-0.4, -0.2) is 19.5 Å². The first-order valence-electron chi connectivity index (χ1n) is 5.08. The Kier molecular flexibility index (Phi) is 4.16. The van der Waals surface area contributed by atoms with E-state index in [1.54, 1.807) is 6.07 Å². The van der Waals surface area contributed by atoms with E-state index < -0.39 is 0 Å². The standard InChI is InChI=1S/C12H16O3/c1-4-14-11-6-9(3)10(8-13)7-12(11)15-5-2/h6-8H,4-5H2,1-3H3. The van der Waals surface area contributed by atoms with E-state index >= 15 is 0 Å². The van der Waals surface area contributed by atoms with Crippen LogP contribution in [0.25, 0.3) is 0 Å². The van der Waals surface area contributed by atoms with Crippen molar-refractivity contribution in [1.29, 1.82) is 0 Å². The largest absolute Gasteiger partial charge is 0.490 e. The van der Waals surface area contributed by atoms with Gasteiger partial charge in [0.1, 0.15) is 6.29 Å². The highest BCUT2D eigenvalue weighted by molar-refractivity contribution is 5.79. The van der Waals surface area contributed by atoms with Crippen molar-refractivity contribution in [3.05, 3.63) is 23.3 Å². The van der Waals surface area contributed by atoms with Crippen molar-refractivity contribution in [3.63, 3.8) is 0 Å². The molecule has 0 saturated carbocycles. The van der Waals surface area contributed by atoms with E-state index in [4.69, 9.17) is 9.47 Å². The fourth-order valence-corrected chi connectivity index (χ4v) is 1.34. The summed E-state index contributed by atoms with van der Waals surface area (Å²) in [5.41, 5.74) is 1.54. The average Bonchev–Trinajstić information content (AvgIpc) is 2.22. The van der Waals surface area contributed by atoms with Crippen LogP contribution < -0.4 is 9.47 Å². The van der Waals surface area contributed by atoms with Gasteiger partial charge in [-0.25, -0.2) is 0 Å². The van der Waals surface area contributed by atoms with Crippen LogP contribution >= 0.6 is 0 Å². The predicted molar refractivity (Wildman–Crippen MR) is 58.9 cm³/mol. The van der Waals surface area contributed by atoms with Crippen molar-refractivity contribution < 1.29 is 14.3 Å². The normalized spacial score (nSPS) is 9.80. The summed E-state index contributed by atoms with van der Waals surface area (Å²) in [6.07, 6.45) is 0.827. The molecule has 0 radical (unpaired) electrons. The van der Waals surface area contributed by atoms with E-state index in [-0.39, 0.29) is 0 Å². The number of rotatable bonds is 5. The molecule has 0 spiro atoms. The van der Waals surface area contributed by atoms with Gasteiger partial charge in [0.25, 0.3) is 0 Å². The van der Waals surface area contributed by atoms with Crippen LogP contribution in [0.4, 0.5) is 0 Å². The predicted octanol–water partition coefficient (Wildman–Crippen LogP) is 2.60. The molecule has 0 heterocycles. The van der Waals surface area contributed by atoms with E-state index in [0.29, 0.717) is 30.3 Å². The zero-order valence-corrected chi connectivity index (χ0v) is 9.37.